The van der Waals surface area contributed by atoms with Gasteiger partial charge in [-0.25, -0.2) is 4.79 Å². The fourth-order valence-electron chi connectivity index (χ4n) is 4.34. The van der Waals surface area contributed by atoms with Gasteiger partial charge in [0.05, 0.1) is 5.69 Å². The Balaban J connectivity index is 1.57. The summed E-state index contributed by atoms with van der Waals surface area (Å²) in [5.74, 6) is 0.205. The number of benzene rings is 2. The third-order valence-corrected chi connectivity index (χ3v) is 6.29. The third-order valence-electron chi connectivity index (χ3n) is 6.29. The van der Waals surface area contributed by atoms with Crippen molar-refractivity contribution in [3.63, 3.8) is 0 Å². The minimum Gasteiger partial charge on any atom is -0.465 e. The standard InChI is InChI=1S/C26H35N3O5/c1-28(24(31)19-34-18-6-17-30)15-16-29-13-11-21(12-14-29)23-10-5-9-22(25(23)27-26(32)33)20-7-3-2-4-8-20/h2-5,7-10,21,27,30H,6,11-19H2,1H3,(H,32,33). The van der Waals surface area contributed by atoms with Crippen LogP contribution in [-0.2, 0) is 9.53 Å². The molecule has 0 saturated carbocycles. The van der Waals surface area contributed by atoms with Gasteiger partial charge < -0.3 is 24.7 Å². The largest absolute Gasteiger partial charge is 0.465 e. The lowest BCUT2D eigenvalue weighted by Gasteiger charge is -2.34. The summed E-state index contributed by atoms with van der Waals surface area (Å²) in [6.07, 6.45) is 1.32. The van der Waals surface area contributed by atoms with E-state index in [1.807, 2.05) is 48.5 Å². The highest BCUT2D eigenvalue weighted by Gasteiger charge is 2.25. The van der Waals surface area contributed by atoms with Gasteiger partial charge in [0.2, 0.25) is 5.91 Å². The normalized spacial score (nSPS) is 14.6. The molecule has 0 spiro atoms. The number of piperidine rings is 1. The lowest BCUT2D eigenvalue weighted by molar-refractivity contribution is -0.135. The van der Waals surface area contributed by atoms with Crippen LogP contribution >= 0.6 is 0 Å². The second kappa shape index (κ2) is 13.1. The summed E-state index contributed by atoms with van der Waals surface area (Å²) < 4.78 is 5.28. The number of para-hydroxylation sites is 1. The van der Waals surface area contributed by atoms with Crippen molar-refractivity contribution in [2.75, 3.05) is 58.4 Å². The number of hydrogen-bond acceptors (Lipinski definition) is 5. The molecular formula is C26H35N3O5. The van der Waals surface area contributed by atoms with Crippen LogP contribution in [0.5, 0.6) is 0 Å². The van der Waals surface area contributed by atoms with Crippen LogP contribution in [0.25, 0.3) is 11.1 Å². The fourth-order valence-corrected chi connectivity index (χ4v) is 4.34. The number of ether oxygens (including phenoxy) is 1. The van der Waals surface area contributed by atoms with E-state index in [-0.39, 0.29) is 25.0 Å². The fraction of sp³-hybridized carbons (Fsp3) is 0.462. The Morgan fingerprint density at radius 1 is 1.12 bits per heavy atom. The number of aliphatic hydroxyl groups excluding tert-OH is 1. The van der Waals surface area contributed by atoms with Crippen molar-refractivity contribution >= 4 is 17.7 Å². The van der Waals surface area contributed by atoms with Gasteiger partial charge in [0, 0.05) is 38.9 Å². The molecule has 0 atom stereocenters. The Kier molecular flexibility index (Phi) is 9.88. The van der Waals surface area contributed by atoms with Crippen LogP contribution in [0.3, 0.4) is 0 Å². The molecule has 1 aliphatic heterocycles. The third kappa shape index (κ3) is 7.28. The molecule has 0 bridgehead atoms. The van der Waals surface area contributed by atoms with E-state index in [2.05, 4.69) is 10.2 Å². The molecule has 0 radical (unpaired) electrons. The lowest BCUT2D eigenvalue weighted by atomic mass is 9.86. The summed E-state index contributed by atoms with van der Waals surface area (Å²) >= 11 is 0. The van der Waals surface area contributed by atoms with Crippen LogP contribution in [0.4, 0.5) is 10.5 Å². The number of hydrogen-bond donors (Lipinski definition) is 3. The zero-order valence-corrected chi connectivity index (χ0v) is 19.8. The minimum absolute atomic E-state index is 0.0374. The van der Waals surface area contributed by atoms with Gasteiger partial charge in [0.25, 0.3) is 0 Å². The van der Waals surface area contributed by atoms with Crippen LogP contribution in [0.1, 0.15) is 30.7 Å². The molecule has 1 aliphatic rings. The minimum atomic E-state index is -1.06. The molecule has 1 fully saturated rings. The molecular weight excluding hydrogens is 434 g/mol. The highest BCUT2D eigenvalue weighted by atomic mass is 16.5. The van der Waals surface area contributed by atoms with E-state index >= 15 is 0 Å². The van der Waals surface area contributed by atoms with Gasteiger partial charge in [0.1, 0.15) is 6.61 Å². The van der Waals surface area contributed by atoms with Gasteiger partial charge >= 0.3 is 6.09 Å². The molecule has 8 heteroatoms. The number of nitrogens with one attached hydrogen (secondary N) is 1. The van der Waals surface area contributed by atoms with Crippen molar-refractivity contribution in [2.45, 2.75) is 25.2 Å². The number of carbonyl (C=O) groups is 2. The van der Waals surface area contributed by atoms with E-state index < -0.39 is 6.09 Å². The quantitative estimate of drug-likeness (QED) is 0.436. The molecule has 0 unspecified atom stereocenters. The van der Waals surface area contributed by atoms with E-state index in [0.29, 0.717) is 25.3 Å². The van der Waals surface area contributed by atoms with Crippen molar-refractivity contribution in [3.8, 4) is 11.1 Å². The number of likely N-dealkylation sites (tertiary alicyclic amines) is 1. The predicted octanol–water partition coefficient (Wildman–Crippen LogP) is 3.48. The number of carboxylic acid groups (broad SMARTS) is 1. The van der Waals surface area contributed by atoms with Gasteiger partial charge in [-0.05, 0) is 49.4 Å². The number of aliphatic hydroxyl groups is 1. The Labute approximate surface area is 201 Å². The van der Waals surface area contributed by atoms with Crippen LogP contribution in [0.2, 0.25) is 0 Å². The summed E-state index contributed by atoms with van der Waals surface area (Å²) in [5, 5.41) is 20.9. The number of nitrogens with zero attached hydrogens (tertiary/aromatic N) is 2. The Morgan fingerprint density at radius 2 is 1.85 bits per heavy atom. The first-order valence-electron chi connectivity index (χ1n) is 11.8. The summed E-state index contributed by atoms with van der Waals surface area (Å²) in [5.41, 5.74) is 3.59. The van der Waals surface area contributed by atoms with Gasteiger partial charge in [-0.3, -0.25) is 10.1 Å². The first kappa shape index (κ1) is 25.7. The Morgan fingerprint density at radius 3 is 2.53 bits per heavy atom. The average Bonchev–Trinajstić information content (AvgIpc) is 2.85. The number of likely N-dealkylation sites (N-methyl/N-ethyl adjacent to an activating group) is 1. The van der Waals surface area contributed by atoms with Gasteiger partial charge in [-0.1, -0.05) is 48.5 Å². The Bertz CT molecular complexity index is 929. The summed E-state index contributed by atoms with van der Waals surface area (Å²) in [4.78, 5) is 27.8. The average molecular weight is 470 g/mol. The van der Waals surface area contributed by atoms with E-state index in [9.17, 15) is 14.7 Å². The van der Waals surface area contributed by atoms with Gasteiger partial charge in [-0.15, -0.1) is 0 Å². The molecule has 1 saturated heterocycles. The van der Waals surface area contributed by atoms with Gasteiger partial charge in [0.15, 0.2) is 0 Å². The highest BCUT2D eigenvalue weighted by Crippen LogP contribution is 2.38. The van der Waals surface area contributed by atoms with Crippen LogP contribution in [0.15, 0.2) is 48.5 Å². The highest BCUT2D eigenvalue weighted by molar-refractivity contribution is 5.92. The number of amides is 2. The molecule has 0 aliphatic carbocycles. The van der Waals surface area contributed by atoms with Crippen molar-refractivity contribution in [2.24, 2.45) is 0 Å². The predicted molar refractivity (Wildman–Crippen MR) is 132 cm³/mol. The molecule has 2 aromatic rings. The zero-order chi connectivity index (χ0) is 24.3. The van der Waals surface area contributed by atoms with E-state index in [4.69, 9.17) is 9.84 Å². The maximum atomic E-state index is 12.2. The molecule has 1 heterocycles. The summed E-state index contributed by atoms with van der Waals surface area (Å²) in [6.45, 7) is 3.68. The number of rotatable bonds is 11. The smallest absolute Gasteiger partial charge is 0.409 e. The molecule has 0 aromatic heterocycles. The van der Waals surface area contributed by atoms with Crippen molar-refractivity contribution in [1.29, 1.82) is 0 Å². The molecule has 34 heavy (non-hydrogen) atoms. The van der Waals surface area contributed by atoms with E-state index in [1.165, 1.54) is 0 Å². The molecule has 2 amide bonds. The topological polar surface area (TPSA) is 102 Å². The Hall–Kier alpha value is -2.94. The molecule has 8 nitrogen and oxygen atoms in total. The zero-order valence-electron chi connectivity index (χ0n) is 19.8. The second-order valence-electron chi connectivity index (χ2n) is 8.63. The number of carbonyl (C=O) groups excluding carboxylic acids is 1. The van der Waals surface area contributed by atoms with Gasteiger partial charge in [-0.2, -0.15) is 0 Å². The maximum Gasteiger partial charge on any atom is 0.409 e. The molecule has 2 aromatic carbocycles. The summed E-state index contributed by atoms with van der Waals surface area (Å²) in [6, 6.07) is 15.8. The first-order valence-corrected chi connectivity index (χ1v) is 11.8. The van der Waals surface area contributed by atoms with Crippen LogP contribution < -0.4 is 5.32 Å². The SMILES string of the molecule is CN(CCN1CCC(c2cccc(-c3ccccc3)c2NC(=O)O)CC1)C(=O)COCCCO. The first-order chi connectivity index (χ1) is 16.5. The maximum absolute atomic E-state index is 12.2. The van der Waals surface area contributed by atoms with Crippen molar-refractivity contribution in [1.82, 2.24) is 9.80 Å². The molecule has 184 valence electrons. The monoisotopic (exact) mass is 469 g/mol. The van der Waals surface area contributed by atoms with E-state index in [0.717, 1.165) is 49.2 Å². The van der Waals surface area contributed by atoms with Crippen molar-refractivity contribution in [3.05, 3.63) is 54.1 Å². The molecule has 3 rings (SSSR count). The second-order valence-corrected chi connectivity index (χ2v) is 8.63. The number of anilines is 1. The van der Waals surface area contributed by atoms with Crippen LogP contribution in [-0.4, -0.2) is 85.1 Å². The lowest BCUT2D eigenvalue weighted by Crippen LogP contribution is -2.41. The summed E-state index contributed by atoms with van der Waals surface area (Å²) in [7, 11) is 1.78. The van der Waals surface area contributed by atoms with Crippen molar-refractivity contribution < 1.29 is 24.5 Å². The van der Waals surface area contributed by atoms with E-state index in [1.54, 1.807) is 11.9 Å². The van der Waals surface area contributed by atoms with Crippen LogP contribution in [0, 0.1) is 0 Å². The molecule has 3 N–H and O–H groups in total.